The SMILES string of the molecule is C=CC/C(=[CH]\[Al]([CH3])[CH3])CCCCCCCC. The summed E-state index contributed by atoms with van der Waals surface area (Å²) < 4.78 is 0. The van der Waals surface area contributed by atoms with E-state index in [4.69, 9.17) is 0 Å². The van der Waals surface area contributed by atoms with Gasteiger partial charge in [-0.2, -0.15) is 0 Å². The summed E-state index contributed by atoms with van der Waals surface area (Å²) in [5.74, 6) is 4.79. The summed E-state index contributed by atoms with van der Waals surface area (Å²) in [5.41, 5.74) is 1.65. The lowest BCUT2D eigenvalue weighted by molar-refractivity contribution is 0.605. The van der Waals surface area contributed by atoms with Gasteiger partial charge in [-0.05, 0) is 19.3 Å². The predicted molar refractivity (Wildman–Crippen MR) is 78.4 cm³/mol. The third-order valence-corrected chi connectivity index (χ3v) is 3.97. The van der Waals surface area contributed by atoms with E-state index < -0.39 is 14.1 Å². The van der Waals surface area contributed by atoms with E-state index in [0.29, 0.717) is 0 Å². The maximum absolute atomic E-state index is 3.85. The third-order valence-electron chi connectivity index (χ3n) is 2.83. The Morgan fingerprint density at radius 3 is 2.25 bits per heavy atom. The highest BCUT2D eigenvalue weighted by atomic mass is 27.2. The Bertz CT molecular complexity index is 192. The van der Waals surface area contributed by atoms with Crippen molar-refractivity contribution in [1.82, 2.24) is 0 Å². The molecule has 0 unspecified atom stereocenters. The van der Waals surface area contributed by atoms with Gasteiger partial charge in [-0.3, -0.25) is 0 Å². The van der Waals surface area contributed by atoms with Crippen molar-refractivity contribution < 1.29 is 0 Å². The lowest BCUT2D eigenvalue weighted by Crippen LogP contribution is -1.97. The number of allylic oxidation sites excluding steroid dienone is 2. The minimum absolute atomic E-state index is 0.540. The van der Waals surface area contributed by atoms with Gasteiger partial charge in [0.2, 0.25) is 0 Å². The van der Waals surface area contributed by atoms with Crippen LogP contribution in [-0.4, -0.2) is 14.1 Å². The summed E-state index contributed by atoms with van der Waals surface area (Å²) in [6.07, 6.45) is 12.9. The van der Waals surface area contributed by atoms with E-state index in [0.717, 1.165) is 6.42 Å². The maximum atomic E-state index is 3.85. The van der Waals surface area contributed by atoms with Gasteiger partial charge in [-0.1, -0.05) is 50.7 Å². The molecule has 0 amide bonds. The van der Waals surface area contributed by atoms with Crippen LogP contribution in [0.4, 0.5) is 0 Å². The molecule has 0 aliphatic carbocycles. The van der Waals surface area contributed by atoms with Crippen LogP contribution in [-0.2, 0) is 0 Å². The zero-order chi connectivity index (χ0) is 12.2. The van der Waals surface area contributed by atoms with Gasteiger partial charge >= 0.3 is 0 Å². The Hall–Kier alpha value is 0.0125. The minimum atomic E-state index is -0.540. The van der Waals surface area contributed by atoms with Gasteiger partial charge < -0.3 is 0 Å². The Labute approximate surface area is 107 Å². The maximum Gasteiger partial charge on any atom is 0.288 e. The van der Waals surface area contributed by atoms with E-state index >= 15 is 0 Å². The van der Waals surface area contributed by atoms with E-state index in [1.807, 2.05) is 0 Å². The number of hydrogen-bond donors (Lipinski definition) is 0. The summed E-state index contributed by atoms with van der Waals surface area (Å²) >= 11 is -0.540. The van der Waals surface area contributed by atoms with Crippen LogP contribution in [0.5, 0.6) is 0 Å². The largest absolute Gasteiger partial charge is 0.288 e. The second-order valence-corrected chi connectivity index (χ2v) is 7.90. The molecule has 0 aliphatic heterocycles. The lowest BCUT2D eigenvalue weighted by atomic mass is 10.0. The van der Waals surface area contributed by atoms with Crippen LogP contribution >= 0.6 is 0 Å². The first-order chi connectivity index (χ1) is 7.70. The number of rotatable bonds is 10. The van der Waals surface area contributed by atoms with Crippen LogP contribution in [0, 0.1) is 0 Å². The van der Waals surface area contributed by atoms with Crippen molar-refractivity contribution in [2.45, 2.75) is 69.9 Å². The van der Waals surface area contributed by atoms with E-state index in [1.165, 1.54) is 44.9 Å². The van der Waals surface area contributed by atoms with Gasteiger partial charge in [-0.15, -0.1) is 23.1 Å². The molecular formula is C15H29Al. The Morgan fingerprint density at radius 1 is 1.06 bits per heavy atom. The van der Waals surface area contributed by atoms with Crippen LogP contribution < -0.4 is 0 Å². The van der Waals surface area contributed by atoms with Gasteiger partial charge in [0.15, 0.2) is 0 Å². The van der Waals surface area contributed by atoms with Crippen LogP contribution in [0.1, 0.15) is 58.3 Å². The smallest absolute Gasteiger partial charge is 0.145 e. The molecule has 0 nitrogen and oxygen atoms in total. The predicted octanol–water partition coefficient (Wildman–Crippen LogP) is 5.53. The fourth-order valence-corrected chi connectivity index (χ4v) is 3.29. The molecule has 0 heterocycles. The van der Waals surface area contributed by atoms with Gasteiger partial charge in [0, 0.05) is 0 Å². The Kier molecular flexibility index (Phi) is 11.5. The summed E-state index contributed by atoms with van der Waals surface area (Å²) in [7, 11) is 0. The molecule has 0 aromatic rings. The molecule has 1 heteroatoms. The highest BCUT2D eigenvalue weighted by Gasteiger charge is 2.01. The molecule has 0 aromatic heterocycles. The second kappa shape index (κ2) is 11.5. The third kappa shape index (κ3) is 10.5. The molecule has 0 spiro atoms. The zero-order valence-corrected chi connectivity index (χ0v) is 12.8. The topological polar surface area (TPSA) is 0 Å². The average molecular weight is 236 g/mol. The van der Waals surface area contributed by atoms with Crippen LogP contribution in [0.25, 0.3) is 0 Å². The second-order valence-electron chi connectivity index (χ2n) is 5.08. The van der Waals surface area contributed by atoms with Gasteiger partial charge in [0.1, 0.15) is 0 Å². The van der Waals surface area contributed by atoms with E-state index in [2.05, 4.69) is 36.1 Å². The standard InChI is InChI=1S/C13H23.2CH3.Al/c1-4-6-7-8-9-10-12-13(3)11-5-2;;;/h3,5H,2,4,6-12H2,1H3;2*1H3;. The highest BCUT2D eigenvalue weighted by molar-refractivity contribution is 6.61. The summed E-state index contributed by atoms with van der Waals surface area (Å²) in [4.78, 5) is 2.55. The Morgan fingerprint density at radius 2 is 1.69 bits per heavy atom. The summed E-state index contributed by atoms with van der Waals surface area (Å²) in [6.45, 7) is 6.13. The van der Waals surface area contributed by atoms with Crippen molar-refractivity contribution in [1.29, 1.82) is 0 Å². The van der Waals surface area contributed by atoms with E-state index in [-0.39, 0.29) is 0 Å². The van der Waals surface area contributed by atoms with Crippen LogP contribution in [0.2, 0.25) is 11.6 Å². The van der Waals surface area contributed by atoms with E-state index in [9.17, 15) is 0 Å². The number of unbranched alkanes of at least 4 members (excludes halogenated alkanes) is 5. The van der Waals surface area contributed by atoms with E-state index in [1.54, 1.807) is 5.57 Å². The molecule has 0 radical (unpaired) electrons. The van der Waals surface area contributed by atoms with Crippen LogP contribution in [0.3, 0.4) is 0 Å². The monoisotopic (exact) mass is 236 g/mol. The normalized spacial score (nSPS) is 11.6. The molecule has 0 fully saturated rings. The van der Waals surface area contributed by atoms with Gasteiger partial charge in [-0.25, -0.2) is 0 Å². The summed E-state index contributed by atoms with van der Waals surface area (Å²) in [5, 5.41) is 0. The molecule has 92 valence electrons. The number of hydrogen-bond acceptors (Lipinski definition) is 0. The van der Waals surface area contributed by atoms with Gasteiger partial charge in [0.25, 0.3) is 14.1 Å². The molecular weight excluding hydrogens is 207 g/mol. The fraction of sp³-hybridized carbons (Fsp3) is 0.733. The fourth-order valence-electron chi connectivity index (χ4n) is 2.04. The quantitative estimate of drug-likeness (QED) is 0.266. The van der Waals surface area contributed by atoms with Gasteiger partial charge in [0.05, 0.1) is 0 Å². The van der Waals surface area contributed by atoms with Crippen LogP contribution in [0.15, 0.2) is 23.2 Å². The highest BCUT2D eigenvalue weighted by Crippen LogP contribution is 2.15. The summed E-state index contributed by atoms with van der Waals surface area (Å²) in [6, 6.07) is 0. The lowest BCUT2D eigenvalue weighted by Gasteiger charge is -2.06. The molecule has 0 saturated carbocycles. The average Bonchev–Trinajstić information content (AvgIpc) is 2.22. The minimum Gasteiger partial charge on any atom is -0.145 e. The first-order valence-electron chi connectivity index (χ1n) is 7.01. The first-order valence-corrected chi connectivity index (χ1v) is 9.98. The van der Waals surface area contributed by atoms with Crippen molar-refractivity contribution in [3.8, 4) is 0 Å². The Balaban J connectivity index is 3.64. The van der Waals surface area contributed by atoms with Crippen molar-refractivity contribution in [2.24, 2.45) is 0 Å². The molecule has 0 rings (SSSR count). The molecule has 0 atom stereocenters. The molecule has 0 bridgehead atoms. The van der Waals surface area contributed by atoms with Crippen molar-refractivity contribution in [3.63, 3.8) is 0 Å². The molecule has 0 aromatic carbocycles. The molecule has 0 saturated heterocycles. The zero-order valence-electron chi connectivity index (χ0n) is 11.6. The van der Waals surface area contributed by atoms with Crippen molar-refractivity contribution in [2.75, 3.05) is 0 Å². The molecule has 0 N–H and O–H groups in total. The molecule has 16 heavy (non-hydrogen) atoms. The van der Waals surface area contributed by atoms with Crippen molar-refractivity contribution >= 4 is 14.1 Å². The first kappa shape index (κ1) is 16.0. The molecule has 0 aliphatic rings. The van der Waals surface area contributed by atoms with Crippen molar-refractivity contribution in [3.05, 3.63) is 23.2 Å².